The van der Waals surface area contributed by atoms with Crippen LogP contribution in [0.4, 0.5) is 0 Å². The zero-order valence-electron chi connectivity index (χ0n) is 17.3. The molecule has 0 aliphatic carbocycles. The molecule has 0 aromatic carbocycles. The third-order valence-electron chi connectivity index (χ3n) is 5.28. The molecule has 0 unspecified atom stereocenters. The molecule has 0 N–H and O–H groups in total. The van der Waals surface area contributed by atoms with Crippen LogP contribution in [0.25, 0.3) is 0 Å². The smallest absolute Gasteiger partial charge is 0.321 e. The van der Waals surface area contributed by atoms with Crippen molar-refractivity contribution < 1.29 is 8.85 Å². The Morgan fingerprint density at radius 1 is 0.826 bits per heavy atom. The van der Waals surface area contributed by atoms with E-state index in [0.29, 0.717) is 0 Å². The lowest BCUT2D eigenvalue weighted by atomic mass is 10.5. The molecule has 3 nitrogen and oxygen atoms in total. The van der Waals surface area contributed by atoms with Gasteiger partial charge < -0.3 is 13.4 Å². The molecule has 0 spiro atoms. The second kappa shape index (κ2) is 11.8. The Hall–Kier alpha value is 0.314. The number of hydrogen-bond acceptors (Lipinski definition) is 3. The summed E-state index contributed by atoms with van der Waals surface area (Å²) in [7, 11) is -2.94. The Bertz CT molecular complexity index is 271. The monoisotopic (exact) mass is 361 g/mol. The first-order valence-electron chi connectivity index (χ1n) is 9.76. The fourth-order valence-electron chi connectivity index (χ4n) is 4.76. The quantitative estimate of drug-likeness (QED) is 0.423. The van der Waals surface area contributed by atoms with Crippen molar-refractivity contribution in [2.75, 3.05) is 26.3 Å². The molecule has 23 heavy (non-hydrogen) atoms. The van der Waals surface area contributed by atoms with E-state index in [2.05, 4.69) is 66.9 Å². The van der Waals surface area contributed by atoms with Crippen molar-refractivity contribution >= 4 is 17.5 Å². The summed E-state index contributed by atoms with van der Waals surface area (Å²) in [6.45, 7) is 25.2. The molecule has 0 atom stereocenters. The minimum Gasteiger partial charge on any atom is -0.397 e. The lowest BCUT2D eigenvalue weighted by molar-refractivity contribution is 0.211. The van der Waals surface area contributed by atoms with Crippen LogP contribution in [-0.2, 0) is 8.85 Å². The molecule has 0 amide bonds. The molecule has 0 radical (unpaired) electrons. The molecular formula is C18H43NO2Si2. The Labute approximate surface area is 149 Å². The van der Waals surface area contributed by atoms with E-state index in [1.54, 1.807) is 0 Å². The summed E-state index contributed by atoms with van der Waals surface area (Å²) in [4.78, 5) is 0. The first-order chi connectivity index (χ1) is 10.8. The predicted molar refractivity (Wildman–Crippen MR) is 108 cm³/mol. The second-order valence-electron chi connectivity index (χ2n) is 7.41. The van der Waals surface area contributed by atoms with Crippen molar-refractivity contribution in [3.05, 3.63) is 0 Å². The molecule has 0 aromatic heterocycles. The zero-order chi connectivity index (χ0) is 18.0. The SMILES string of the molecule is CCO[SiH](CCCN(CC)[Si](C(C)C)(C(C)C)C(C)C)OCC. The van der Waals surface area contributed by atoms with Crippen molar-refractivity contribution in [1.82, 2.24) is 4.57 Å². The van der Waals surface area contributed by atoms with Crippen LogP contribution >= 0.6 is 0 Å². The van der Waals surface area contributed by atoms with Gasteiger partial charge in [-0.05, 0) is 56.0 Å². The van der Waals surface area contributed by atoms with Gasteiger partial charge in [-0.2, -0.15) is 0 Å². The fourth-order valence-corrected chi connectivity index (χ4v) is 13.7. The van der Waals surface area contributed by atoms with E-state index in [4.69, 9.17) is 8.85 Å². The normalized spacial score (nSPS) is 13.3. The molecule has 5 heteroatoms. The summed E-state index contributed by atoms with van der Waals surface area (Å²) in [5.41, 5.74) is 2.36. The van der Waals surface area contributed by atoms with E-state index in [1.165, 1.54) is 19.5 Å². The topological polar surface area (TPSA) is 21.7 Å². The summed E-state index contributed by atoms with van der Waals surface area (Å²) in [5.74, 6) is 0. The lowest BCUT2D eigenvalue weighted by Crippen LogP contribution is -2.60. The van der Waals surface area contributed by atoms with Crippen molar-refractivity contribution in [1.29, 1.82) is 0 Å². The lowest BCUT2D eigenvalue weighted by Gasteiger charge is -2.51. The Balaban J connectivity index is 4.95. The molecule has 0 rings (SSSR count). The highest BCUT2D eigenvalue weighted by molar-refractivity contribution is 6.80. The summed E-state index contributed by atoms with van der Waals surface area (Å²) >= 11 is 0. The standard InChI is InChI=1S/C18H43NO2Si2/c1-10-19(14-13-15-22(20-11-2)21-12-3)23(16(4)5,17(6)7)18(8)9/h16-18,22H,10-15H2,1-9H3. The minimum atomic E-state index is -1.50. The first kappa shape index (κ1) is 23.3. The van der Waals surface area contributed by atoms with Crippen molar-refractivity contribution in [2.24, 2.45) is 0 Å². The summed E-state index contributed by atoms with van der Waals surface area (Å²) in [6.07, 6.45) is 1.21. The van der Waals surface area contributed by atoms with Gasteiger partial charge >= 0.3 is 9.28 Å². The Morgan fingerprint density at radius 3 is 1.57 bits per heavy atom. The second-order valence-corrected chi connectivity index (χ2v) is 15.4. The number of hydrogen-bond donors (Lipinski definition) is 0. The van der Waals surface area contributed by atoms with Gasteiger partial charge in [-0.15, -0.1) is 0 Å². The molecule has 0 aliphatic rings. The summed E-state index contributed by atoms with van der Waals surface area (Å²) in [5, 5.41) is 0. The predicted octanol–water partition coefficient (Wildman–Crippen LogP) is 5.17. The first-order valence-corrected chi connectivity index (χ1v) is 13.7. The van der Waals surface area contributed by atoms with Crippen LogP contribution in [0.15, 0.2) is 0 Å². The third-order valence-corrected chi connectivity index (χ3v) is 14.8. The van der Waals surface area contributed by atoms with E-state index < -0.39 is 17.5 Å². The average molecular weight is 362 g/mol. The summed E-state index contributed by atoms with van der Waals surface area (Å²) in [6, 6.07) is 1.14. The van der Waals surface area contributed by atoms with Crippen molar-refractivity contribution in [2.45, 2.75) is 91.4 Å². The molecular weight excluding hydrogens is 318 g/mol. The minimum absolute atomic E-state index is 0.786. The average Bonchev–Trinajstić information content (AvgIpc) is 2.45. The van der Waals surface area contributed by atoms with E-state index in [0.717, 1.165) is 35.9 Å². The maximum absolute atomic E-state index is 5.84. The molecule has 140 valence electrons. The van der Waals surface area contributed by atoms with Crippen molar-refractivity contribution in [3.8, 4) is 0 Å². The van der Waals surface area contributed by atoms with Crippen LogP contribution < -0.4 is 0 Å². The fraction of sp³-hybridized carbons (Fsp3) is 1.00. The maximum Gasteiger partial charge on any atom is 0.321 e. The van der Waals surface area contributed by atoms with Gasteiger partial charge in [0.05, 0.1) is 0 Å². The van der Waals surface area contributed by atoms with Crippen LogP contribution in [0.5, 0.6) is 0 Å². The maximum atomic E-state index is 5.84. The van der Waals surface area contributed by atoms with Crippen molar-refractivity contribution in [3.63, 3.8) is 0 Å². The molecule has 0 saturated heterocycles. The Morgan fingerprint density at radius 2 is 1.26 bits per heavy atom. The Kier molecular flexibility index (Phi) is 12.0. The highest BCUT2D eigenvalue weighted by atomic mass is 28.3. The number of rotatable bonds is 13. The summed E-state index contributed by atoms with van der Waals surface area (Å²) < 4.78 is 14.5. The highest BCUT2D eigenvalue weighted by Gasteiger charge is 2.47. The van der Waals surface area contributed by atoms with Crippen LogP contribution in [0.2, 0.25) is 22.7 Å². The van der Waals surface area contributed by atoms with Gasteiger partial charge in [0.25, 0.3) is 0 Å². The van der Waals surface area contributed by atoms with E-state index in [-0.39, 0.29) is 0 Å². The number of nitrogens with zero attached hydrogens (tertiary/aromatic N) is 1. The molecule has 0 fully saturated rings. The molecule has 0 heterocycles. The molecule has 0 aromatic rings. The molecule has 0 bridgehead atoms. The van der Waals surface area contributed by atoms with Crippen LogP contribution in [0.1, 0.15) is 68.7 Å². The van der Waals surface area contributed by atoms with E-state index in [1.807, 2.05) is 0 Å². The van der Waals surface area contributed by atoms with Gasteiger partial charge in [0.1, 0.15) is 8.24 Å². The van der Waals surface area contributed by atoms with Gasteiger partial charge in [-0.25, -0.2) is 0 Å². The van der Waals surface area contributed by atoms with Gasteiger partial charge in [0.2, 0.25) is 0 Å². The highest BCUT2D eigenvalue weighted by Crippen LogP contribution is 2.43. The van der Waals surface area contributed by atoms with Gasteiger partial charge in [0, 0.05) is 13.2 Å². The van der Waals surface area contributed by atoms with E-state index >= 15 is 0 Å². The molecule has 0 aliphatic heterocycles. The third kappa shape index (κ3) is 6.27. The van der Waals surface area contributed by atoms with Crippen LogP contribution in [0.3, 0.4) is 0 Å². The van der Waals surface area contributed by atoms with Gasteiger partial charge in [-0.1, -0.05) is 48.5 Å². The van der Waals surface area contributed by atoms with Crippen LogP contribution in [0, 0.1) is 0 Å². The van der Waals surface area contributed by atoms with Gasteiger partial charge in [0.15, 0.2) is 0 Å². The van der Waals surface area contributed by atoms with E-state index in [9.17, 15) is 0 Å². The largest absolute Gasteiger partial charge is 0.397 e. The zero-order valence-corrected chi connectivity index (χ0v) is 19.5. The van der Waals surface area contributed by atoms with Gasteiger partial charge in [-0.3, -0.25) is 0 Å². The molecule has 0 saturated carbocycles. The van der Waals surface area contributed by atoms with Crippen LogP contribution in [-0.4, -0.2) is 48.4 Å².